The zero-order chi connectivity index (χ0) is 31.5. The van der Waals surface area contributed by atoms with Crippen molar-refractivity contribution in [2.45, 2.75) is 30.5 Å². The lowest BCUT2D eigenvalue weighted by molar-refractivity contribution is -0.192. The van der Waals surface area contributed by atoms with E-state index in [0.717, 1.165) is 18.0 Å². The number of hydrogen-bond donors (Lipinski definition) is 5. The van der Waals surface area contributed by atoms with E-state index < -0.39 is 55.0 Å². The van der Waals surface area contributed by atoms with Gasteiger partial charge in [0.2, 0.25) is 11.6 Å². The lowest BCUT2D eigenvalue weighted by Gasteiger charge is -2.30. The molecule has 0 aliphatic heterocycles. The lowest BCUT2D eigenvalue weighted by Crippen LogP contribution is -2.53. The number of anilines is 1. The smallest absolute Gasteiger partial charge is 0.348 e. The Bertz CT molecular complexity index is 1650. The molecule has 0 radical (unpaired) electrons. The number of nitrogen functional groups attached to an aromatic ring is 1. The molecule has 0 saturated carbocycles. The number of carbonyl (C=O) groups is 3. The average molecular weight is 618 g/mol. The van der Waals surface area contributed by atoms with E-state index in [1.54, 1.807) is 24.3 Å². The molecule has 226 valence electrons. The number of halogens is 2. The molecule has 2 heterocycles. The van der Waals surface area contributed by atoms with Crippen LogP contribution in [0, 0.1) is 0 Å². The van der Waals surface area contributed by atoms with Crippen LogP contribution in [-0.4, -0.2) is 89.4 Å². The highest BCUT2D eigenvalue weighted by atomic mass is 35.5. The Labute approximate surface area is 247 Å². The quantitative estimate of drug-likeness (QED) is 0.108. The fraction of sp³-hybridized carbons (Fsp3) is 0.259. The molecule has 43 heavy (non-hydrogen) atoms. The fourth-order valence-electron chi connectivity index (χ4n) is 4.31. The molecule has 0 amide bonds. The molecule has 0 aliphatic rings. The van der Waals surface area contributed by atoms with E-state index in [2.05, 4.69) is 15.0 Å². The van der Waals surface area contributed by atoms with Gasteiger partial charge in [0.1, 0.15) is 17.7 Å². The number of aliphatic hydroxyl groups excluding tert-OH is 1. The zero-order valence-electron chi connectivity index (χ0n) is 22.3. The first kappa shape index (κ1) is 31.2. The van der Waals surface area contributed by atoms with Crippen molar-refractivity contribution >= 4 is 46.5 Å². The van der Waals surface area contributed by atoms with Crippen LogP contribution in [0.2, 0.25) is 5.28 Å². The maximum Gasteiger partial charge on any atom is 0.348 e. The van der Waals surface area contributed by atoms with Crippen molar-refractivity contribution in [1.29, 1.82) is 0 Å². The van der Waals surface area contributed by atoms with Crippen LogP contribution in [0.1, 0.15) is 22.2 Å². The van der Waals surface area contributed by atoms with Gasteiger partial charge in [0.05, 0.1) is 18.5 Å². The number of aliphatic hydroxyl groups is 1. The number of hydrogen-bond acceptors (Lipinski definition) is 10. The second-order valence-corrected chi connectivity index (χ2v) is 9.69. The standard InChI is InChI=1S/C27H25ClFN5O9/c1-42-17(19(35)20(29)34-12-31-18-21(30)32-26(28)33-22(18)34)11-43-27(24(38)39,25(40)41)10-13-5-7-14(8-6-13)15-3-2-4-16(9-15)23(36)37/h2-9,12,17,19-20,35H,10-11H2,1H3,(H,36,37)(H,38,39)(H,40,41)(H2,30,32,33)/t17-,19-,20-/m1/s1. The Kier molecular flexibility index (Phi) is 9.20. The number of nitrogens with two attached hydrogens (primary N) is 1. The number of ether oxygens (including phenoxy) is 2. The largest absolute Gasteiger partial charge is 0.479 e. The van der Waals surface area contributed by atoms with E-state index in [1.807, 2.05) is 0 Å². The van der Waals surface area contributed by atoms with Crippen LogP contribution < -0.4 is 5.73 Å². The highest BCUT2D eigenvalue weighted by Gasteiger charge is 2.49. The van der Waals surface area contributed by atoms with Gasteiger partial charge in [-0.15, -0.1) is 0 Å². The Morgan fingerprint density at radius 2 is 1.74 bits per heavy atom. The van der Waals surface area contributed by atoms with Gasteiger partial charge in [-0.3, -0.25) is 4.57 Å². The maximum absolute atomic E-state index is 15.5. The third-order valence-corrected chi connectivity index (χ3v) is 6.86. The molecule has 0 bridgehead atoms. The van der Waals surface area contributed by atoms with Gasteiger partial charge < -0.3 is 35.6 Å². The first-order valence-corrected chi connectivity index (χ1v) is 12.8. The van der Waals surface area contributed by atoms with E-state index in [0.29, 0.717) is 11.1 Å². The molecule has 6 N–H and O–H groups in total. The van der Waals surface area contributed by atoms with Gasteiger partial charge in [-0.1, -0.05) is 36.4 Å². The Morgan fingerprint density at radius 3 is 2.35 bits per heavy atom. The molecule has 4 rings (SSSR count). The number of aromatic nitrogens is 4. The van der Waals surface area contributed by atoms with Gasteiger partial charge in [-0.25, -0.2) is 23.8 Å². The van der Waals surface area contributed by atoms with Crippen molar-refractivity contribution in [1.82, 2.24) is 19.5 Å². The summed E-state index contributed by atoms with van der Waals surface area (Å²) in [6, 6.07) is 12.2. The monoisotopic (exact) mass is 617 g/mol. The molecule has 2 aromatic heterocycles. The summed E-state index contributed by atoms with van der Waals surface area (Å²) < 4.78 is 26.8. The molecule has 3 atom stereocenters. The van der Waals surface area contributed by atoms with Gasteiger partial charge >= 0.3 is 17.9 Å². The predicted molar refractivity (Wildman–Crippen MR) is 148 cm³/mol. The molecule has 0 fully saturated rings. The molecule has 16 heteroatoms. The molecule has 0 unspecified atom stereocenters. The first-order chi connectivity index (χ1) is 20.4. The van der Waals surface area contributed by atoms with Crippen LogP contribution in [0.25, 0.3) is 22.3 Å². The summed E-state index contributed by atoms with van der Waals surface area (Å²) in [5, 5.41) is 39.5. The molecule has 14 nitrogen and oxygen atoms in total. The van der Waals surface area contributed by atoms with E-state index in [-0.39, 0.29) is 33.4 Å². The summed E-state index contributed by atoms with van der Waals surface area (Å²) in [4.78, 5) is 47.3. The topological polar surface area (TPSA) is 220 Å². The van der Waals surface area contributed by atoms with Crippen molar-refractivity contribution in [2.24, 2.45) is 0 Å². The minimum atomic E-state index is -2.84. The SMILES string of the molecule is CO[C@H](COC(Cc1ccc(-c2cccc(C(=O)O)c2)cc1)(C(=O)O)C(=O)O)[C@@H](O)[C@H](F)n1cnc2c(N)nc(Cl)nc21. The van der Waals surface area contributed by atoms with Crippen molar-refractivity contribution in [3.05, 3.63) is 71.3 Å². The molecule has 2 aromatic carbocycles. The van der Waals surface area contributed by atoms with Gasteiger partial charge in [0, 0.05) is 13.5 Å². The fourth-order valence-corrected chi connectivity index (χ4v) is 4.49. The number of aliphatic carboxylic acids is 2. The number of imidazole rings is 1. The second-order valence-electron chi connectivity index (χ2n) is 9.35. The Balaban J connectivity index is 1.54. The van der Waals surface area contributed by atoms with E-state index >= 15 is 4.39 Å². The van der Waals surface area contributed by atoms with Gasteiger partial charge in [-0.05, 0) is 40.4 Å². The number of carboxylic acids is 3. The molecule has 0 aliphatic carbocycles. The Morgan fingerprint density at radius 1 is 1.07 bits per heavy atom. The van der Waals surface area contributed by atoms with Crippen molar-refractivity contribution in [3.8, 4) is 11.1 Å². The van der Waals surface area contributed by atoms with Crippen LogP contribution in [0.3, 0.4) is 0 Å². The van der Waals surface area contributed by atoms with E-state index in [9.17, 15) is 34.8 Å². The molecule has 0 saturated heterocycles. The highest BCUT2D eigenvalue weighted by molar-refractivity contribution is 6.28. The van der Waals surface area contributed by atoms with Crippen LogP contribution >= 0.6 is 11.6 Å². The second kappa shape index (κ2) is 12.7. The minimum absolute atomic E-state index is 0.0147. The number of fused-ring (bicyclic) bond motifs is 1. The number of aromatic carboxylic acids is 1. The lowest BCUT2D eigenvalue weighted by atomic mass is 9.92. The van der Waals surface area contributed by atoms with Crippen molar-refractivity contribution < 1.29 is 48.7 Å². The van der Waals surface area contributed by atoms with E-state index in [1.165, 1.54) is 24.3 Å². The molecular weight excluding hydrogens is 593 g/mol. The number of rotatable bonds is 13. The summed E-state index contributed by atoms with van der Waals surface area (Å²) in [5.41, 5.74) is 4.26. The number of benzene rings is 2. The maximum atomic E-state index is 15.5. The van der Waals surface area contributed by atoms with Crippen LogP contribution in [-0.2, 0) is 25.5 Å². The van der Waals surface area contributed by atoms with E-state index in [4.69, 9.17) is 26.8 Å². The number of nitrogens with zero attached hydrogens (tertiary/aromatic N) is 4. The van der Waals surface area contributed by atoms with Crippen molar-refractivity contribution in [3.63, 3.8) is 0 Å². The zero-order valence-corrected chi connectivity index (χ0v) is 23.1. The first-order valence-electron chi connectivity index (χ1n) is 12.4. The van der Waals surface area contributed by atoms with Crippen LogP contribution in [0.5, 0.6) is 0 Å². The molecule has 4 aromatic rings. The number of alkyl halides is 1. The summed E-state index contributed by atoms with van der Waals surface area (Å²) in [6.45, 7) is -0.846. The van der Waals surface area contributed by atoms with Gasteiger partial charge in [-0.2, -0.15) is 9.97 Å². The predicted octanol–water partition coefficient (Wildman–Crippen LogP) is 2.44. The summed E-state index contributed by atoms with van der Waals surface area (Å²) in [6.07, 6.45) is -5.50. The summed E-state index contributed by atoms with van der Waals surface area (Å²) in [5.74, 6) is -4.93. The highest BCUT2D eigenvalue weighted by Crippen LogP contribution is 2.28. The van der Waals surface area contributed by atoms with Crippen LogP contribution in [0.15, 0.2) is 54.9 Å². The minimum Gasteiger partial charge on any atom is -0.479 e. The van der Waals surface area contributed by atoms with Gasteiger partial charge in [0.15, 0.2) is 11.5 Å². The molecule has 0 spiro atoms. The molecular formula is C27H25ClFN5O9. The third kappa shape index (κ3) is 6.39. The Hall–Kier alpha value is -4.70. The van der Waals surface area contributed by atoms with Crippen molar-refractivity contribution in [2.75, 3.05) is 19.5 Å². The van der Waals surface area contributed by atoms with Gasteiger partial charge in [0.25, 0.3) is 5.60 Å². The number of carboxylic acid groups (broad SMARTS) is 3. The third-order valence-electron chi connectivity index (χ3n) is 6.69. The average Bonchev–Trinajstić information content (AvgIpc) is 3.40. The van der Waals surface area contributed by atoms with Crippen LogP contribution in [0.4, 0.5) is 10.2 Å². The summed E-state index contributed by atoms with van der Waals surface area (Å²) in [7, 11) is 1.09. The number of methoxy groups -OCH3 is 1. The normalized spacial score (nSPS) is 13.9. The summed E-state index contributed by atoms with van der Waals surface area (Å²) >= 11 is 5.80.